The normalized spacial score (nSPS) is 17.0. The fourth-order valence-corrected chi connectivity index (χ4v) is 4.39. The van der Waals surface area contributed by atoms with Gasteiger partial charge < -0.3 is 14.4 Å². The molecule has 0 radical (unpaired) electrons. The number of esters is 2. The Morgan fingerprint density at radius 3 is 2.50 bits per heavy atom. The Hall–Kier alpha value is -2.75. The molecular formula is C24H36N4O9S. The smallest absolute Gasteiger partial charge is 0.331 e. The van der Waals surface area contributed by atoms with Crippen molar-refractivity contribution in [3.8, 4) is 0 Å². The fraction of sp³-hybridized carbons (Fsp3) is 0.583. The van der Waals surface area contributed by atoms with E-state index < -0.39 is 42.0 Å². The van der Waals surface area contributed by atoms with Crippen LogP contribution in [0.5, 0.6) is 0 Å². The lowest BCUT2D eigenvalue weighted by Gasteiger charge is -2.26. The zero-order chi connectivity index (χ0) is 28.1. The summed E-state index contributed by atoms with van der Waals surface area (Å²) < 4.78 is 10.4. The third kappa shape index (κ3) is 9.85. The largest absolute Gasteiger partial charge is 0.465 e. The number of aryl methyl sites for hydroxylation is 1. The second-order valence-corrected chi connectivity index (χ2v) is 9.69. The summed E-state index contributed by atoms with van der Waals surface area (Å²) in [5.74, 6) is -1.06. The molecule has 38 heavy (non-hydrogen) atoms. The number of carbonyl (C=O) groups excluding carboxylic acids is 4. The van der Waals surface area contributed by atoms with Crippen LogP contribution < -0.4 is 5.32 Å². The minimum Gasteiger partial charge on any atom is -0.465 e. The Kier molecular flexibility index (Phi) is 13.5. The first-order valence-corrected chi connectivity index (χ1v) is 13.4. The van der Waals surface area contributed by atoms with Gasteiger partial charge in [0, 0.05) is 18.6 Å². The van der Waals surface area contributed by atoms with Crippen LogP contribution in [-0.4, -0.2) is 113 Å². The Morgan fingerprint density at radius 1 is 1.16 bits per heavy atom. The Morgan fingerprint density at radius 2 is 1.84 bits per heavy atom. The van der Waals surface area contributed by atoms with Crippen LogP contribution in [0.25, 0.3) is 0 Å². The standard InChI is InChI=1S/C24H36N4O9S/c1-4-35-22(30)19(11-10-18-8-6-5-7-9-18)25-17(2)21(29)27-20(16-26(3)24(27)32)23(31)36-12-14-38-15-13-37-28(33)34/h5-9,17,19-20,25,33-34H,4,10-16H2,1-3H3. The molecule has 0 spiro atoms. The number of carbonyl (C=O) groups is 4. The zero-order valence-corrected chi connectivity index (χ0v) is 22.6. The van der Waals surface area contributed by atoms with Gasteiger partial charge in [-0.05, 0) is 32.3 Å². The molecule has 212 valence electrons. The van der Waals surface area contributed by atoms with Crippen molar-refractivity contribution in [1.82, 2.24) is 20.5 Å². The van der Waals surface area contributed by atoms with E-state index in [0.29, 0.717) is 24.3 Å². The maximum Gasteiger partial charge on any atom is 0.331 e. The quantitative estimate of drug-likeness (QED) is 0.151. The first-order chi connectivity index (χ1) is 18.1. The summed E-state index contributed by atoms with van der Waals surface area (Å²) in [4.78, 5) is 57.9. The molecule has 0 bridgehead atoms. The van der Waals surface area contributed by atoms with Crippen LogP contribution in [0.3, 0.4) is 0 Å². The molecule has 14 heteroatoms. The molecule has 0 aliphatic carbocycles. The van der Waals surface area contributed by atoms with Gasteiger partial charge in [-0.15, -0.1) is 0 Å². The van der Waals surface area contributed by atoms with Crippen LogP contribution >= 0.6 is 11.8 Å². The van der Waals surface area contributed by atoms with Crippen molar-refractivity contribution in [2.45, 2.75) is 44.8 Å². The molecule has 1 aliphatic heterocycles. The van der Waals surface area contributed by atoms with Crippen LogP contribution in [-0.2, 0) is 35.1 Å². The van der Waals surface area contributed by atoms with Crippen molar-refractivity contribution >= 4 is 35.6 Å². The second kappa shape index (κ2) is 16.3. The molecule has 3 amide bonds. The van der Waals surface area contributed by atoms with Crippen LogP contribution in [0.1, 0.15) is 25.8 Å². The molecule has 1 aromatic carbocycles. The van der Waals surface area contributed by atoms with Gasteiger partial charge in [0.1, 0.15) is 12.6 Å². The zero-order valence-electron chi connectivity index (χ0n) is 21.8. The van der Waals surface area contributed by atoms with E-state index in [9.17, 15) is 19.2 Å². The van der Waals surface area contributed by atoms with Gasteiger partial charge in [0.2, 0.25) is 5.91 Å². The third-order valence-corrected chi connectivity index (χ3v) is 6.57. The molecule has 1 fully saturated rings. The van der Waals surface area contributed by atoms with Gasteiger partial charge in [0.05, 0.1) is 31.2 Å². The van der Waals surface area contributed by atoms with Crippen molar-refractivity contribution < 1.29 is 43.9 Å². The predicted molar refractivity (Wildman–Crippen MR) is 136 cm³/mol. The maximum absolute atomic E-state index is 13.3. The van der Waals surface area contributed by atoms with E-state index in [1.807, 2.05) is 30.3 Å². The van der Waals surface area contributed by atoms with Crippen LogP contribution in [0.15, 0.2) is 30.3 Å². The average Bonchev–Trinajstić information content (AvgIpc) is 3.19. The minimum absolute atomic E-state index is 0.0186. The van der Waals surface area contributed by atoms with Crippen molar-refractivity contribution in [1.29, 1.82) is 0 Å². The number of likely N-dealkylation sites (N-methyl/N-ethyl adjacent to an activating group) is 1. The lowest BCUT2D eigenvalue weighted by molar-refractivity contribution is -0.490. The number of ether oxygens (including phenoxy) is 2. The Balaban J connectivity index is 1.97. The summed E-state index contributed by atoms with van der Waals surface area (Å²) in [7, 11) is 1.48. The second-order valence-electron chi connectivity index (χ2n) is 8.47. The Bertz CT molecular complexity index is 921. The number of amides is 3. The number of rotatable bonds is 16. The molecule has 1 saturated heterocycles. The van der Waals surface area contributed by atoms with Gasteiger partial charge in [-0.25, -0.2) is 19.3 Å². The number of hydrogen-bond donors (Lipinski definition) is 3. The molecule has 1 aliphatic rings. The van der Waals surface area contributed by atoms with E-state index >= 15 is 0 Å². The molecule has 1 heterocycles. The van der Waals surface area contributed by atoms with Crippen LogP contribution in [0.4, 0.5) is 4.79 Å². The highest BCUT2D eigenvalue weighted by Crippen LogP contribution is 2.18. The average molecular weight is 557 g/mol. The lowest BCUT2D eigenvalue weighted by atomic mass is 10.0. The van der Waals surface area contributed by atoms with Crippen LogP contribution in [0.2, 0.25) is 0 Å². The van der Waals surface area contributed by atoms with E-state index in [4.69, 9.17) is 19.9 Å². The monoisotopic (exact) mass is 556 g/mol. The summed E-state index contributed by atoms with van der Waals surface area (Å²) in [5.41, 5.74) is 1.02. The van der Waals surface area contributed by atoms with Gasteiger partial charge >= 0.3 is 18.0 Å². The number of benzene rings is 1. The highest BCUT2D eigenvalue weighted by molar-refractivity contribution is 7.99. The van der Waals surface area contributed by atoms with E-state index in [2.05, 4.69) is 10.2 Å². The highest BCUT2D eigenvalue weighted by atomic mass is 32.2. The fourth-order valence-electron chi connectivity index (χ4n) is 3.79. The molecule has 13 nitrogen and oxygen atoms in total. The molecule has 0 saturated carbocycles. The van der Waals surface area contributed by atoms with E-state index in [1.54, 1.807) is 6.92 Å². The SMILES string of the molecule is CCOC(=O)C(CCc1ccccc1)NC(C)C(=O)N1C(=O)N(C)CC1C(=O)OCCSCCON(O)O. The van der Waals surface area contributed by atoms with Gasteiger partial charge in [0.25, 0.3) is 0 Å². The molecule has 3 N–H and O–H groups in total. The summed E-state index contributed by atoms with van der Waals surface area (Å²) in [6, 6.07) is 6.07. The highest BCUT2D eigenvalue weighted by Gasteiger charge is 2.46. The topological polar surface area (TPSA) is 158 Å². The van der Waals surface area contributed by atoms with Crippen molar-refractivity contribution in [2.24, 2.45) is 0 Å². The van der Waals surface area contributed by atoms with Crippen LogP contribution in [0, 0.1) is 0 Å². The Labute approximate surface area is 225 Å². The molecule has 3 atom stereocenters. The first-order valence-electron chi connectivity index (χ1n) is 12.3. The summed E-state index contributed by atoms with van der Waals surface area (Å²) in [6.45, 7) is 3.46. The van der Waals surface area contributed by atoms with E-state index in [-0.39, 0.29) is 31.8 Å². The first kappa shape index (κ1) is 31.5. The van der Waals surface area contributed by atoms with Gasteiger partial charge in [-0.2, -0.15) is 11.8 Å². The predicted octanol–water partition coefficient (Wildman–Crippen LogP) is 1.08. The van der Waals surface area contributed by atoms with Crippen molar-refractivity contribution in [2.75, 3.05) is 44.9 Å². The van der Waals surface area contributed by atoms with Crippen molar-refractivity contribution in [3.05, 3.63) is 35.9 Å². The number of nitrogens with one attached hydrogen (secondary N) is 1. The van der Waals surface area contributed by atoms with Gasteiger partial charge in [-0.1, -0.05) is 30.3 Å². The van der Waals surface area contributed by atoms with E-state index in [0.717, 1.165) is 10.5 Å². The number of thioether (sulfide) groups is 1. The number of nitrogens with zero attached hydrogens (tertiary/aromatic N) is 3. The molecule has 3 unspecified atom stereocenters. The number of urea groups is 1. The molecule has 0 aromatic heterocycles. The summed E-state index contributed by atoms with van der Waals surface area (Å²) in [6.07, 6.45) is 0.943. The van der Waals surface area contributed by atoms with E-state index in [1.165, 1.54) is 30.6 Å². The minimum atomic E-state index is -1.12. The maximum atomic E-state index is 13.3. The van der Waals surface area contributed by atoms with Gasteiger partial charge in [-0.3, -0.25) is 25.3 Å². The molecule has 2 rings (SSSR count). The third-order valence-electron chi connectivity index (χ3n) is 5.66. The number of hydrogen-bond acceptors (Lipinski definition) is 12. The number of imide groups is 1. The molecular weight excluding hydrogens is 520 g/mol. The summed E-state index contributed by atoms with van der Waals surface area (Å²) >= 11 is 1.35. The van der Waals surface area contributed by atoms with Crippen molar-refractivity contribution in [3.63, 3.8) is 0 Å². The summed E-state index contributed by atoms with van der Waals surface area (Å²) in [5, 5.41) is 19.5. The lowest BCUT2D eigenvalue weighted by Crippen LogP contribution is -2.55. The molecule has 1 aromatic rings. The van der Waals surface area contributed by atoms with Gasteiger partial charge in [0.15, 0.2) is 6.04 Å².